The van der Waals surface area contributed by atoms with Crippen LogP contribution in [0.1, 0.15) is 22.8 Å². The van der Waals surface area contributed by atoms with E-state index in [9.17, 15) is 19.2 Å². The summed E-state index contributed by atoms with van der Waals surface area (Å²) < 4.78 is 0. The average molecular weight is 985 g/mol. The maximum absolute atomic E-state index is 13.7. The molecule has 0 saturated carbocycles. The van der Waals surface area contributed by atoms with E-state index in [-0.39, 0.29) is 45.5 Å². The number of carbonyl (C=O) groups excluding carboxylic acids is 4. The zero-order chi connectivity index (χ0) is 47.3. The van der Waals surface area contributed by atoms with Crippen LogP contribution in [-0.2, 0) is 0 Å². The number of hydrogen-bond acceptors (Lipinski definition) is 6. The summed E-state index contributed by atoms with van der Waals surface area (Å²) in [6.45, 7) is 0. The molecule has 8 amide bonds. The number of aromatic nitrogens is 4. The highest BCUT2D eigenvalue weighted by molar-refractivity contribution is 6.31. The summed E-state index contributed by atoms with van der Waals surface area (Å²) in [5.41, 5.74) is 5.41. The highest BCUT2D eigenvalue weighted by Gasteiger charge is 2.20. The number of urea groups is 4. The van der Waals surface area contributed by atoms with Crippen LogP contribution < -0.4 is 42.5 Å². The second kappa shape index (κ2) is 19.7. The van der Waals surface area contributed by atoms with E-state index < -0.39 is 24.1 Å². The molecular weight excluding hydrogens is 950 g/mol. The van der Waals surface area contributed by atoms with Crippen molar-refractivity contribution in [3.63, 3.8) is 0 Å². The molecule has 16 nitrogen and oxygen atoms in total. The van der Waals surface area contributed by atoms with Gasteiger partial charge in [0.1, 0.15) is 0 Å². The molecule has 10 N–H and O–H groups in total. The number of benzene rings is 4. The molecule has 9 rings (SSSR count). The summed E-state index contributed by atoms with van der Waals surface area (Å²) in [7, 11) is 0. The van der Waals surface area contributed by atoms with Gasteiger partial charge in [-0.3, -0.25) is 0 Å². The van der Waals surface area contributed by atoms with E-state index in [0.29, 0.717) is 64.9 Å². The van der Waals surface area contributed by atoms with Crippen molar-refractivity contribution in [2.75, 3.05) is 42.5 Å². The van der Waals surface area contributed by atoms with Crippen molar-refractivity contribution >= 4 is 162 Å². The second-order valence-electron chi connectivity index (χ2n) is 14.8. The quantitative estimate of drug-likeness (QED) is 0.0713. The van der Waals surface area contributed by atoms with E-state index in [4.69, 9.17) is 56.4 Å². The summed E-state index contributed by atoms with van der Waals surface area (Å²) in [6, 6.07) is 30.7. The smallest absolute Gasteiger partial charge is 0.323 e. The SMILES string of the molecule is O=C(Nc1ccc(Cl)cc1)Nc1c2nc(c(NC(=O)Nc3ccc(Cl)cc3)c3ccc([nH]3)c(NC(=O)Nc3ccc(Cl)cc3)c3nc(c(NC(=O)Nc4ccc(Cl)cc4)c4ccc1[nH]4)C=C3)C=C2. The van der Waals surface area contributed by atoms with Crippen LogP contribution in [0.4, 0.5) is 64.7 Å². The minimum Gasteiger partial charge on any atom is -0.352 e. The molecule has 0 unspecified atom stereocenters. The van der Waals surface area contributed by atoms with Gasteiger partial charge in [0, 0.05) is 42.8 Å². The molecule has 0 fully saturated rings. The van der Waals surface area contributed by atoms with E-state index >= 15 is 0 Å². The van der Waals surface area contributed by atoms with E-state index in [2.05, 4.69) is 52.5 Å². The van der Waals surface area contributed by atoms with Crippen molar-refractivity contribution in [3.05, 3.63) is 164 Å². The van der Waals surface area contributed by atoms with Crippen molar-refractivity contribution in [1.29, 1.82) is 0 Å². The Morgan fingerprint density at radius 2 is 0.515 bits per heavy atom. The largest absolute Gasteiger partial charge is 0.352 e. The van der Waals surface area contributed by atoms with Gasteiger partial charge in [-0.2, -0.15) is 0 Å². The van der Waals surface area contributed by atoms with Gasteiger partial charge in [0.2, 0.25) is 0 Å². The number of halogens is 4. The number of fused-ring (bicyclic) bond motifs is 8. The third kappa shape index (κ3) is 10.7. The molecule has 5 heterocycles. The van der Waals surface area contributed by atoms with Gasteiger partial charge in [-0.15, -0.1) is 0 Å². The average Bonchev–Trinajstić information content (AvgIpc) is 4.18. The summed E-state index contributed by atoms with van der Waals surface area (Å²) in [5, 5.41) is 24.9. The Kier molecular flexibility index (Phi) is 13.0. The van der Waals surface area contributed by atoms with Gasteiger partial charge in [-0.1, -0.05) is 46.4 Å². The lowest BCUT2D eigenvalue weighted by atomic mass is 10.2. The molecule has 338 valence electrons. The van der Waals surface area contributed by atoms with Crippen LogP contribution in [0.3, 0.4) is 0 Å². The molecule has 20 heteroatoms. The number of anilines is 8. The lowest BCUT2D eigenvalue weighted by Gasteiger charge is -2.11. The number of nitrogens with one attached hydrogen (secondary N) is 10. The normalized spacial score (nSPS) is 11.4. The predicted molar refractivity (Wildman–Crippen MR) is 275 cm³/mol. The van der Waals surface area contributed by atoms with Gasteiger partial charge >= 0.3 is 24.1 Å². The lowest BCUT2D eigenvalue weighted by Crippen LogP contribution is -2.20. The maximum atomic E-state index is 13.7. The zero-order valence-electron chi connectivity index (χ0n) is 34.9. The molecule has 2 aliphatic heterocycles. The number of H-pyrrole nitrogens is 2. The fourth-order valence-electron chi connectivity index (χ4n) is 6.97. The number of rotatable bonds is 8. The van der Waals surface area contributed by atoms with Crippen molar-refractivity contribution in [2.45, 2.75) is 0 Å². The number of aromatic amines is 2. The molecule has 0 spiro atoms. The van der Waals surface area contributed by atoms with Crippen LogP contribution in [0.2, 0.25) is 20.1 Å². The summed E-state index contributed by atoms with van der Waals surface area (Å²) in [4.78, 5) is 71.4. The Labute approximate surface area is 406 Å². The van der Waals surface area contributed by atoms with E-state index in [1.165, 1.54) is 0 Å². The third-order valence-electron chi connectivity index (χ3n) is 10.1. The monoisotopic (exact) mass is 982 g/mol. The van der Waals surface area contributed by atoms with Crippen molar-refractivity contribution < 1.29 is 19.2 Å². The van der Waals surface area contributed by atoms with Crippen molar-refractivity contribution in [1.82, 2.24) is 19.9 Å². The Hall–Kier alpha value is -8.28. The molecular formula is C48H34Cl4N12O4. The van der Waals surface area contributed by atoms with Crippen LogP contribution in [0, 0.1) is 0 Å². The van der Waals surface area contributed by atoms with Crippen LogP contribution >= 0.6 is 46.4 Å². The highest BCUT2D eigenvalue weighted by atomic mass is 35.5. The topological polar surface area (TPSA) is 222 Å². The molecule has 8 bridgehead atoms. The summed E-state index contributed by atoms with van der Waals surface area (Å²) in [5.74, 6) is 0. The first kappa shape index (κ1) is 44.9. The van der Waals surface area contributed by atoms with Crippen molar-refractivity contribution in [2.24, 2.45) is 0 Å². The van der Waals surface area contributed by atoms with Gasteiger partial charge in [-0.25, -0.2) is 29.1 Å². The lowest BCUT2D eigenvalue weighted by molar-refractivity contribution is 0.261. The second-order valence-corrected chi connectivity index (χ2v) is 16.6. The molecule has 0 radical (unpaired) electrons. The number of carbonyl (C=O) groups is 4. The third-order valence-corrected chi connectivity index (χ3v) is 11.1. The molecule has 3 aromatic heterocycles. The minimum atomic E-state index is -0.612. The van der Waals surface area contributed by atoms with E-state index in [1.54, 1.807) is 146 Å². The van der Waals surface area contributed by atoms with Gasteiger partial charge in [-0.05, 0) is 146 Å². The van der Waals surface area contributed by atoms with Gasteiger partial charge in [0.15, 0.2) is 0 Å². The Morgan fingerprint density at radius 3 is 0.721 bits per heavy atom. The molecule has 0 aliphatic carbocycles. The highest BCUT2D eigenvalue weighted by Crippen LogP contribution is 2.34. The summed E-state index contributed by atoms with van der Waals surface area (Å²) in [6.07, 6.45) is 6.67. The number of hydrogen-bond donors (Lipinski definition) is 10. The molecule has 0 atom stereocenters. The Morgan fingerprint density at radius 1 is 0.309 bits per heavy atom. The van der Waals surface area contributed by atoms with Gasteiger partial charge < -0.3 is 52.5 Å². The Bertz CT molecular complexity index is 2920. The van der Waals surface area contributed by atoms with Gasteiger partial charge in [0.05, 0.1) is 67.6 Å². The van der Waals surface area contributed by atoms with E-state index in [1.807, 2.05) is 0 Å². The molecule has 0 saturated heterocycles. The van der Waals surface area contributed by atoms with Crippen LogP contribution in [0.15, 0.2) is 121 Å². The molecule has 4 aromatic carbocycles. The molecule has 2 aliphatic rings. The Balaban J connectivity index is 1.23. The first-order valence-corrected chi connectivity index (χ1v) is 21.9. The molecule has 68 heavy (non-hydrogen) atoms. The standard InChI is InChI=1S/C48H34Cl4N12O4/c49-25-1-9-29(10-2-25)53-45(65)61-41-33-17-19-35(57-33)42(62-46(66)54-30-11-3-26(50)4-12-30)37-21-23-39(59-37)44(64-48(68)56-32-15-7-28(52)8-16-32)40-24-22-38(60-40)43(36-20-18-34(41)58-36)63-47(67)55-31-13-5-27(51)6-14-31/h1-24,57,60H,(H2,53,61,65)(H2,54,62,66)(H2,55,63,67)(H2,56,64,68). The first-order valence-electron chi connectivity index (χ1n) is 20.4. The fourth-order valence-corrected chi connectivity index (χ4v) is 7.47. The number of nitrogens with zero attached hydrogens (tertiary/aromatic N) is 2. The van der Waals surface area contributed by atoms with Gasteiger partial charge in [0.25, 0.3) is 0 Å². The van der Waals surface area contributed by atoms with E-state index in [0.717, 1.165) is 0 Å². The number of amides is 8. The summed E-state index contributed by atoms with van der Waals surface area (Å²) >= 11 is 24.4. The molecule has 7 aromatic rings. The fraction of sp³-hybridized carbons (Fsp3) is 0. The van der Waals surface area contributed by atoms with Crippen molar-refractivity contribution in [3.8, 4) is 0 Å². The predicted octanol–water partition coefficient (Wildman–Crippen LogP) is 13.8. The van der Waals surface area contributed by atoms with Crippen LogP contribution in [-0.4, -0.2) is 44.1 Å². The van der Waals surface area contributed by atoms with Crippen LogP contribution in [0.5, 0.6) is 0 Å². The minimum absolute atomic E-state index is 0.228. The zero-order valence-corrected chi connectivity index (χ0v) is 37.9. The van der Waals surface area contributed by atoms with Crippen LogP contribution in [0.25, 0.3) is 46.4 Å². The maximum Gasteiger partial charge on any atom is 0.323 e. The first-order chi connectivity index (χ1) is 32.9.